The van der Waals surface area contributed by atoms with E-state index in [4.69, 9.17) is 9.68 Å². The predicted molar refractivity (Wildman–Crippen MR) is 65.7 cm³/mol. The Bertz CT molecular complexity index is 854. The lowest BCUT2D eigenvalue weighted by Gasteiger charge is -1.98. The standard InChI is InChI=1S/C13H7N3O3/c14-6-5-11(17)16-13(18)9-7-8-3-1-2-4-10(8)19-12(9)15-16/h1-4,7H,5H2. The van der Waals surface area contributed by atoms with Crippen molar-refractivity contribution in [2.45, 2.75) is 6.42 Å². The van der Waals surface area contributed by atoms with E-state index in [1.807, 2.05) is 6.07 Å². The van der Waals surface area contributed by atoms with Crippen LogP contribution in [0.4, 0.5) is 0 Å². The van der Waals surface area contributed by atoms with Crippen molar-refractivity contribution in [1.29, 1.82) is 5.26 Å². The Hall–Kier alpha value is -2.94. The van der Waals surface area contributed by atoms with Gasteiger partial charge < -0.3 is 4.42 Å². The third-order valence-corrected chi connectivity index (χ3v) is 2.74. The van der Waals surface area contributed by atoms with E-state index in [1.165, 1.54) is 0 Å². The summed E-state index contributed by atoms with van der Waals surface area (Å²) in [4.78, 5) is 23.6. The summed E-state index contributed by atoms with van der Waals surface area (Å²) in [5.41, 5.74) is 0.238. The van der Waals surface area contributed by atoms with Crippen LogP contribution < -0.4 is 5.56 Å². The van der Waals surface area contributed by atoms with Gasteiger partial charge >= 0.3 is 0 Å². The Morgan fingerprint density at radius 2 is 2.21 bits per heavy atom. The first-order valence-electron chi connectivity index (χ1n) is 5.52. The summed E-state index contributed by atoms with van der Waals surface area (Å²) in [6.07, 6.45) is -0.400. The highest BCUT2D eigenvalue weighted by atomic mass is 16.3. The third kappa shape index (κ3) is 1.68. The average molecular weight is 253 g/mol. The van der Waals surface area contributed by atoms with E-state index in [-0.39, 0.29) is 11.5 Å². The molecule has 0 N–H and O–H groups in total. The minimum Gasteiger partial charge on any atom is -0.436 e. The largest absolute Gasteiger partial charge is 0.436 e. The highest BCUT2D eigenvalue weighted by Gasteiger charge is 2.21. The predicted octanol–water partition coefficient (Wildman–Crippen LogP) is 1.65. The molecule has 0 saturated carbocycles. The fraction of sp³-hybridized carbons (Fsp3) is 0.0769. The molecular weight excluding hydrogens is 246 g/mol. The van der Waals surface area contributed by atoms with Crippen LogP contribution in [0.25, 0.3) is 22.4 Å². The fourth-order valence-corrected chi connectivity index (χ4v) is 1.86. The number of hydrogen-bond donors (Lipinski definition) is 0. The van der Waals surface area contributed by atoms with E-state index >= 15 is 0 Å². The second-order valence-electron chi connectivity index (χ2n) is 3.95. The number of para-hydroxylation sites is 1. The Morgan fingerprint density at radius 3 is 3.00 bits per heavy atom. The van der Waals surface area contributed by atoms with Crippen molar-refractivity contribution >= 4 is 16.9 Å². The maximum atomic E-state index is 12.0. The molecule has 19 heavy (non-hydrogen) atoms. The van der Waals surface area contributed by atoms with Crippen LogP contribution in [0.15, 0.2) is 39.5 Å². The maximum absolute atomic E-state index is 12.0. The van der Waals surface area contributed by atoms with Crippen molar-refractivity contribution in [3.8, 4) is 17.5 Å². The smallest absolute Gasteiger partial charge is 0.286 e. The molecule has 6 nitrogen and oxygen atoms in total. The number of carbonyl (C=O) groups is 1. The minimum absolute atomic E-state index is 0.0926. The molecule has 92 valence electrons. The third-order valence-electron chi connectivity index (χ3n) is 2.74. The van der Waals surface area contributed by atoms with Crippen LogP contribution in [0.2, 0.25) is 0 Å². The molecule has 0 unspecified atom stereocenters. The van der Waals surface area contributed by atoms with Gasteiger partial charge in [0.2, 0.25) is 5.89 Å². The molecule has 0 aliphatic carbocycles. The topological polar surface area (TPSA) is 88.9 Å². The Balaban J connectivity index is 2.30. The first-order valence-corrected chi connectivity index (χ1v) is 5.52. The molecule has 0 spiro atoms. The number of nitrogens with zero attached hydrogens (tertiary/aromatic N) is 3. The van der Waals surface area contributed by atoms with Gasteiger partial charge in [0.1, 0.15) is 17.6 Å². The second kappa shape index (κ2) is 4.07. The molecular formula is C13H7N3O3. The summed E-state index contributed by atoms with van der Waals surface area (Å²) < 4.78 is 6.15. The van der Waals surface area contributed by atoms with Gasteiger partial charge in [-0.25, -0.2) is 0 Å². The normalized spacial score (nSPS) is 10.7. The lowest BCUT2D eigenvalue weighted by atomic mass is 10.2. The number of fused-ring (bicyclic) bond motifs is 2. The molecule has 6 heteroatoms. The molecule has 0 fully saturated rings. The van der Waals surface area contributed by atoms with Crippen molar-refractivity contribution in [3.05, 3.63) is 40.7 Å². The maximum Gasteiger partial charge on any atom is 0.286 e. The zero-order valence-electron chi connectivity index (χ0n) is 9.66. The lowest BCUT2D eigenvalue weighted by molar-refractivity contribution is 0.0899. The number of hydrogen-bond acceptors (Lipinski definition) is 5. The molecule has 1 aromatic rings. The highest BCUT2D eigenvalue weighted by molar-refractivity contribution is 5.84. The first-order chi connectivity index (χ1) is 9.20. The van der Waals surface area contributed by atoms with Crippen molar-refractivity contribution in [2.24, 2.45) is 0 Å². The number of benzene rings is 1. The summed E-state index contributed by atoms with van der Waals surface area (Å²) in [5, 5.41) is 13.0. The quantitative estimate of drug-likeness (QED) is 0.657. The van der Waals surface area contributed by atoms with E-state index in [0.717, 1.165) is 5.39 Å². The van der Waals surface area contributed by atoms with Gasteiger partial charge in [0.15, 0.2) is 0 Å². The summed E-state index contributed by atoms with van der Waals surface area (Å²) in [7, 11) is 0. The molecule has 0 bridgehead atoms. The summed E-state index contributed by atoms with van der Waals surface area (Å²) in [6.45, 7) is 0. The van der Waals surface area contributed by atoms with Crippen molar-refractivity contribution in [3.63, 3.8) is 0 Å². The van der Waals surface area contributed by atoms with Gasteiger partial charge in [-0.3, -0.25) is 9.59 Å². The number of carbonyl (C=O) groups excluding carboxylic acids is 1. The van der Waals surface area contributed by atoms with Crippen LogP contribution in [-0.4, -0.2) is 15.7 Å². The van der Waals surface area contributed by atoms with E-state index < -0.39 is 17.9 Å². The van der Waals surface area contributed by atoms with Crippen LogP contribution in [0, 0.1) is 11.3 Å². The molecule has 0 saturated heterocycles. The Kier molecular flexibility index (Phi) is 2.39. The van der Waals surface area contributed by atoms with Crippen LogP contribution in [0.3, 0.4) is 0 Å². The SMILES string of the molecule is N#CCC(=O)n1nc2oc3ccccc3cc-2c1=O. The van der Waals surface area contributed by atoms with E-state index in [1.54, 1.807) is 30.3 Å². The molecule has 2 heterocycles. The molecule has 2 aliphatic heterocycles. The average Bonchev–Trinajstić information content (AvgIpc) is 2.74. The van der Waals surface area contributed by atoms with Crippen LogP contribution >= 0.6 is 0 Å². The molecule has 0 aromatic heterocycles. The second-order valence-corrected chi connectivity index (χ2v) is 3.95. The Labute approximate surface area is 106 Å². The van der Waals surface area contributed by atoms with Crippen molar-refractivity contribution in [2.75, 3.05) is 0 Å². The van der Waals surface area contributed by atoms with Crippen LogP contribution in [0.1, 0.15) is 11.2 Å². The number of rotatable bonds is 1. The first kappa shape index (κ1) is 11.2. The zero-order valence-corrected chi connectivity index (χ0v) is 9.66. The van der Waals surface area contributed by atoms with E-state index in [2.05, 4.69) is 5.10 Å². The van der Waals surface area contributed by atoms with Gasteiger partial charge in [0.25, 0.3) is 11.5 Å². The summed E-state index contributed by atoms with van der Waals surface area (Å²) >= 11 is 0. The van der Waals surface area contributed by atoms with Crippen molar-refractivity contribution < 1.29 is 9.21 Å². The van der Waals surface area contributed by atoms with E-state index in [0.29, 0.717) is 10.3 Å². The molecule has 1 aromatic carbocycles. The number of nitriles is 1. The van der Waals surface area contributed by atoms with Gasteiger partial charge in [-0.2, -0.15) is 9.94 Å². The van der Waals surface area contributed by atoms with Gasteiger partial charge in [0.05, 0.1) is 6.07 Å². The summed E-state index contributed by atoms with van der Waals surface area (Å²) in [6, 6.07) is 10.5. The lowest BCUT2D eigenvalue weighted by Crippen LogP contribution is -2.23. The molecule has 0 atom stereocenters. The van der Waals surface area contributed by atoms with Gasteiger partial charge in [-0.1, -0.05) is 18.2 Å². The zero-order chi connectivity index (χ0) is 13.4. The summed E-state index contributed by atoms with van der Waals surface area (Å²) in [5.74, 6) is -0.571. The van der Waals surface area contributed by atoms with Crippen LogP contribution in [-0.2, 0) is 0 Å². The fourth-order valence-electron chi connectivity index (χ4n) is 1.86. The molecule has 0 radical (unpaired) electrons. The minimum atomic E-state index is -0.664. The number of aromatic nitrogens is 2. The van der Waals surface area contributed by atoms with Crippen LogP contribution in [0.5, 0.6) is 0 Å². The molecule has 2 aliphatic rings. The molecule has 0 amide bonds. The monoisotopic (exact) mass is 253 g/mol. The van der Waals surface area contributed by atoms with Gasteiger partial charge in [-0.05, 0) is 12.1 Å². The van der Waals surface area contributed by atoms with E-state index in [9.17, 15) is 9.59 Å². The van der Waals surface area contributed by atoms with Crippen molar-refractivity contribution in [1.82, 2.24) is 9.78 Å². The highest BCUT2D eigenvalue weighted by Crippen LogP contribution is 2.23. The van der Waals surface area contributed by atoms with Gasteiger partial charge in [-0.15, -0.1) is 5.10 Å². The molecule has 3 rings (SSSR count). The van der Waals surface area contributed by atoms with Gasteiger partial charge in [0, 0.05) is 5.39 Å². The Morgan fingerprint density at radius 1 is 1.42 bits per heavy atom.